The van der Waals surface area contributed by atoms with Crippen molar-refractivity contribution in [1.29, 1.82) is 0 Å². The normalized spacial score (nSPS) is 16.8. The molecule has 1 aliphatic carbocycles. The first kappa shape index (κ1) is 20.5. The molecule has 0 radical (unpaired) electrons. The van der Waals surface area contributed by atoms with Gasteiger partial charge in [0.15, 0.2) is 5.78 Å². The number of nitrogens with zero attached hydrogens (tertiary/aromatic N) is 5. The second-order valence-electron chi connectivity index (χ2n) is 8.57. The van der Waals surface area contributed by atoms with Crippen LogP contribution in [0.3, 0.4) is 0 Å². The highest BCUT2D eigenvalue weighted by Crippen LogP contribution is 2.36. The predicted octanol–water partition coefficient (Wildman–Crippen LogP) is 3.36. The molecule has 1 saturated carbocycles. The van der Waals surface area contributed by atoms with Gasteiger partial charge in [0.1, 0.15) is 12.2 Å². The summed E-state index contributed by atoms with van der Waals surface area (Å²) in [6, 6.07) is 11.5. The monoisotopic (exact) mass is 433 g/mol. The molecule has 3 heterocycles. The summed E-state index contributed by atoms with van der Waals surface area (Å²) in [4.78, 5) is 28.6. The fourth-order valence-corrected chi connectivity index (χ4v) is 4.27. The summed E-state index contributed by atoms with van der Waals surface area (Å²) >= 11 is 0. The topological polar surface area (TPSA) is 84.5 Å². The zero-order valence-electron chi connectivity index (χ0n) is 18.2. The van der Waals surface area contributed by atoms with Gasteiger partial charge in [0, 0.05) is 49.5 Å². The van der Waals surface area contributed by atoms with Crippen LogP contribution >= 0.6 is 0 Å². The Hall–Kier alpha value is -3.42. The number of anilines is 1. The number of benzene rings is 1. The van der Waals surface area contributed by atoms with Crippen molar-refractivity contribution in [2.75, 3.05) is 31.1 Å². The minimum Gasteiger partial charge on any atom is -0.419 e. The summed E-state index contributed by atoms with van der Waals surface area (Å²) in [5.41, 5.74) is 2.57. The van der Waals surface area contributed by atoms with Crippen molar-refractivity contribution in [2.45, 2.75) is 38.6 Å². The van der Waals surface area contributed by atoms with E-state index in [0.29, 0.717) is 36.4 Å². The van der Waals surface area contributed by atoms with Crippen LogP contribution in [0.5, 0.6) is 0 Å². The van der Waals surface area contributed by atoms with Crippen LogP contribution < -0.4 is 4.90 Å². The molecule has 1 amide bonds. The number of hydrogen-bond donors (Lipinski definition) is 0. The minimum absolute atomic E-state index is 0.0659. The Morgan fingerprint density at radius 1 is 1.03 bits per heavy atom. The van der Waals surface area contributed by atoms with Crippen LogP contribution in [0.25, 0.3) is 11.6 Å². The van der Waals surface area contributed by atoms with E-state index in [0.717, 1.165) is 37.3 Å². The van der Waals surface area contributed by atoms with Gasteiger partial charge < -0.3 is 18.8 Å². The first-order valence-corrected chi connectivity index (χ1v) is 11.2. The van der Waals surface area contributed by atoms with Gasteiger partial charge >= 0.3 is 0 Å². The second-order valence-corrected chi connectivity index (χ2v) is 8.57. The fourth-order valence-electron chi connectivity index (χ4n) is 4.27. The van der Waals surface area contributed by atoms with E-state index in [1.807, 2.05) is 52.1 Å². The molecule has 0 atom stereocenters. The largest absolute Gasteiger partial charge is 0.419 e. The van der Waals surface area contributed by atoms with Gasteiger partial charge in [-0.25, -0.2) is 0 Å². The molecule has 2 aliphatic rings. The number of rotatable bonds is 6. The lowest BCUT2D eigenvalue weighted by Crippen LogP contribution is -2.49. The zero-order chi connectivity index (χ0) is 22.1. The van der Waals surface area contributed by atoms with Gasteiger partial charge in [0.25, 0.3) is 5.89 Å². The Bertz CT molecular complexity index is 1100. The number of ketones is 1. The van der Waals surface area contributed by atoms with Crippen LogP contribution in [0, 0.1) is 0 Å². The van der Waals surface area contributed by atoms with Crippen molar-refractivity contribution in [3.8, 4) is 11.6 Å². The van der Waals surface area contributed by atoms with Crippen LogP contribution in [-0.2, 0) is 11.3 Å². The van der Waals surface area contributed by atoms with E-state index >= 15 is 0 Å². The van der Waals surface area contributed by atoms with Crippen molar-refractivity contribution >= 4 is 17.4 Å². The van der Waals surface area contributed by atoms with Crippen LogP contribution in [0.2, 0.25) is 0 Å². The van der Waals surface area contributed by atoms with E-state index in [-0.39, 0.29) is 18.2 Å². The summed E-state index contributed by atoms with van der Waals surface area (Å²) in [6.45, 7) is 4.67. The smallest absolute Gasteiger partial charge is 0.264 e. The zero-order valence-corrected chi connectivity index (χ0v) is 18.2. The van der Waals surface area contributed by atoms with Crippen molar-refractivity contribution in [3.05, 3.63) is 54.0 Å². The average molecular weight is 434 g/mol. The number of carbonyl (C=O) groups is 2. The Labute approximate surface area is 186 Å². The number of piperazine rings is 1. The third-order valence-corrected chi connectivity index (χ3v) is 6.52. The van der Waals surface area contributed by atoms with E-state index in [2.05, 4.69) is 15.1 Å². The van der Waals surface area contributed by atoms with Crippen molar-refractivity contribution < 1.29 is 14.0 Å². The quantitative estimate of drug-likeness (QED) is 0.554. The molecule has 0 unspecified atom stereocenters. The van der Waals surface area contributed by atoms with Crippen LogP contribution in [0.4, 0.5) is 5.69 Å². The highest BCUT2D eigenvalue weighted by atomic mass is 16.4. The highest BCUT2D eigenvalue weighted by molar-refractivity contribution is 5.94. The molecule has 1 aliphatic heterocycles. The maximum absolute atomic E-state index is 13.0. The summed E-state index contributed by atoms with van der Waals surface area (Å²) in [7, 11) is 0. The van der Waals surface area contributed by atoms with Gasteiger partial charge in [0.05, 0.1) is 0 Å². The molecule has 8 heteroatoms. The molecule has 8 nitrogen and oxygen atoms in total. The SMILES string of the molecule is CC(=O)c1ccc(N2CCN(C(=O)Cn3cccc3-c3nnc(C4CCC4)o3)CC2)cc1. The standard InChI is InChI=1S/C24H27N5O3/c1-17(30)18-7-9-20(10-8-18)27-12-14-28(15-13-27)22(31)16-29-11-3-6-21(29)24-26-25-23(32-24)19-4-2-5-19/h3,6-11,19H,2,4-5,12-16H2,1H3. The Kier molecular flexibility index (Phi) is 5.51. The molecular weight excluding hydrogens is 406 g/mol. The van der Waals surface area contributed by atoms with Gasteiger partial charge in [-0.15, -0.1) is 10.2 Å². The molecule has 1 saturated heterocycles. The molecule has 0 spiro atoms. The molecular formula is C24H27N5O3. The van der Waals surface area contributed by atoms with Gasteiger partial charge in [-0.3, -0.25) is 9.59 Å². The second kappa shape index (κ2) is 8.61. The maximum Gasteiger partial charge on any atom is 0.264 e. The Balaban J connectivity index is 1.19. The molecule has 1 aromatic carbocycles. The molecule has 3 aromatic rings. The number of aromatic nitrogens is 3. The average Bonchev–Trinajstić information content (AvgIpc) is 3.42. The third-order valence-electron chi connectivity index (χ3n) is 6.52. The van der Waals surface area contributed by atoms with Gasteiger partial charge in [-0.05, 0) is 56.2 Å². The van der Waals surface area contributed by atoms with Gasteiger partial charge in [0.2, 0.25) is 11.8 Å². The lowest BCUT2D eigenvalue weighted by Gasteiger charge is -2.36. The number of hydrogen-bond acceptors (Lipinski definition) is 6. The number of Topliss-reactive ketones (excluding diaryl/α,β-unsaturated/α-hetero) is 1. The van der Waals surface area contributed by atoms with Crippen LogP contribution in [-0.4, -0.2) is 57.5 Å². The fraction of sp³-hybridized carbons (Fsp3) is 0.417. The Morgan fingerprint density at radius 2 is 1.78 bits per heavy atom. The molecule has 32 heavy (non-hydrogen) atoms. The van der Waals surface area contributed by atoms with Gasteiger partial charge in [-0.1, -0.05) is 6.42 Å². The first-order chi connectivity index (χ1) is 15.6. The number of carbonyl (C=O) groups excluding carboxylic acids is 2. The lowest BCUT2D eigenvalue weighted by molar-refractivity contribution is -0.132. The Morgan fingerprint density at radius 3 is 2.44 bits per heavy atom. The van der Waals surface area contributed by atoms with Gasteiger partial charge in [-0.2, -0.15) is 0 Å². The maximum atomic E-state index is 13.0. The predicted molar refractivity (Wildman–Crippen MR) is 120 cm³/mol. The van der Waals surface area contributed by atoms with Crippen LogP contribution in [0.15, 0.2) is 47.0 Å². The molecule has 166 valence electrons. The first-order valence-electron chi connectivity index (χ1n) is 11.2. The van der Waals surface area contributed by atoms with E-state index in [1.165, 1.54) is 6.42 Å². The highest BCUT2D eigenvalue weighted by Gasteiger charge is 2.27. The summed E-state index contributed by atoms with van der Waals surface area (Å²) in [6.07, 6.45) is 5.31. The van der Waals surface area contributed by atoms with Crippen LogP contribution in [0.1, 0.15) is 48.4 Å². The molecule has 0 bridgehead atoms. The molecule has 0 N–H and O–H groups in total. The molecule has 5 rings (SSSR count). The van der Waals surface area contributed by atoms with E-state index in [1.54, 1.807) is 6.92 Å². The third kappa shape index (κ3) is 4.04. The summed E-state index contributed by atoms with van der Waals surface area (Å²) < 4.78 is 7.77. The number of amides is 1. The van der Waals surface area contributed by atoms with E-state index in [9.17, 15) is 9.59 Å². The van der Waals surface area contributed by atoms with E-state index < -0.39 is 0 Å². The molecule has 2 aromatic heterocycles. The molecule has 2 fully saturated rings. The summed E-state index contributed by atoms with van der Waals surface area (Å²) in [5.74, 6) is 1.71. The lowest BCUT2D eigenvalue weighted by atomic mass is 9.85. The van der Waals surface area contributed by atoms with E-state index in [4.69, 9.17) is 4.42 Å². The summed E-state index contributed by atoms with van der Waals surface area (Å²) in [5, 5.41) is 8.42. The van der Waals surface area contributed by atoms with Crippen molar-refractivity contribution in [1.82, 2.24) is 19.7 Å². The minimum atomic E-state index is 0.0659. The van der Waals surface area contributed by atoms with Crippen molar-refractivity contribution in [2.24, 2.45) is 0 Å². The van der Waals surface area contributed by atoms with Crippen molar-refractivity contribution in [3.63, 3.8) is 0 Å².